The van der Waals surface area contributed by atoms with E-state index in [1.807, 2.05) is 6.92 Å². The average Bonchev–Trinajstić information content (AvgIpc) is 2.85. The number of amidine groups is 1. The van der Waals surface area contributed by atoms with Gasteiger partial charge in [-0.15, -0.1) is 0 Å². The maximum atomic E-state index is 11.7. The molecular formula is C14H16N2O4S. The van der Waals surface area contributed by atoms with Crippen LogP contribution in [-0.2, 0) is 9.59 Å². The molecule has 1 aromatic carbocycles. The van der Waals surface area contributed by atoms with Gasteiger partial charge in [0.25, 0.3) is 11.8 Å². The fraction of sp³-hybridized carbons (Fsp3) is 0.357. The summed E-state index contributed by atoms with van der Waals surface area (Å²) in [6, 6.07) is 6.92. The van der Waals surface area contributed by atoms with Gasteiger partial charge in [0.05, 0.1) is 12.4 Å². The highest BCUT2D eigenvalue weighted by Gasteiger charge is 2.27. The minimum atomic E-state index is -0.346. The number of thioether (sulfide) groups is 1. The largest absolute Gasteiger partial charge is 0.497 e. The van der Waals surface area contributed by atoms with Gasteiger partial charge in [-0.05, 0) is 30.7 Å². The predicted molar refractivity (Wildman–Crippen MR) is 80.7 cm³/mol. The second kappa shape index (κ2) is 7.12. The summed E-state index contributed by atoms with van der Waals surface area (Å²) >= 11 is 1.27. The highest BCUT2D eigenvalue weighted by molar-refractivity contribution is 8.15. The highest BCUT2D eigenvalue weighted by atomic mass is 32.2. The number of carbonyl (C=O) groups excluding carboxylic acids is 2. The van der Waals surface area contributed by atoms with Crippen molar-refractivity contribution in [2.45, 2.75) is 18.6 Å². The lowest BCUT2D eigenvalue weighted by atomic mass is 10.3. The first-order valence-electron chi connectivity index (χ1n) is 6.48. The zero-order chi connectivity index (χ0) is 15.2. The molecule has 1 N–H and O–H groups in total. The van der Waals surface area contributed by atoms with Gasteiger partial charge in [0.15, 0.2) is 11.8 Å². The summed E-state index contributed by atoms with van der Waals surface area (Å²) in [5.74, 6) is 0.734. The molecule has 1 aliphatic heterocycles. The number of benzene rings is 1. The predicted octanol–water partition coefficient (Wildman–Crippen LogP) is 1.60. The van der Waals surface area contributed by atoms with Gasteiger partial charge in [0.2, 0.25) is 0 Å². The number of ether oxygens (including phenoxy) is 2. The maximum absolute atomic E-state index is 11.7. The van der Waals surface area contributed by atoms with E-state index in [-0.39, 0.29) is 23.7 Å². The van der Waals surface area contributed by atoms with Crippen LogP contribution in [-0.4, -0.2) is 35.9 Å². The third kappa shape index (κ3) is 4.22. The molecule has 6 nitrogen and oxygen atoms in total. The topological polar surface area (TPSA) is 77.0 Å². The van der Waals surface area contributed by atoms with Crippen molar-refractivity contribution < 1.29 is 19.1 Å². The molecule has 0 spiro atoms. The lowest BCUT2D eigenvalue weighted by Gasteiger charge is -2.08. The van der Waals surface area contributed by atoms with Crippen LogP contribution in [0, 0.1) is 0 Å². The Kier molecular flexibility index (Phi) is 5.21. The van der Waals surface area contributed by atoms with Gasteiger partial charge in [0.1, 0.15) is 11.5 Å². The molecule has 2 amide bonds. The van der Waals surface area contributed by atoms with Gasteiger partial charge < -0.3 is 14.8 Å². The number of carbonyl (C=O) groups is 2. The van der Waals surface area contributed by atoms with E-state index in [9.17, 15) is 9.59 Å². The van der Waals surface area contributed by atoms with Crippen LogP contribution in [0.15, 0.2) is 29.3 Å². The molecule has 0 bridgehead atoms. The molecule has 1 aliphatic rings. The highest BCUT2D eigenvalue weighted by Crippen LogP contribution is 2.23. The van der Waals surface area contributed by atoms with Crippen LogP contribution in [0.5, 0.6) is 11.5 Å². The molecule has 21 heavy (non-hydrogen) atoms. The number of aliphatic imine (C=N–C) groups is 1. The Bertz CT molecular complexity index is 557. The number of hydrogen-bond acceptors (Lipinski definition) is 5. The minimum Gasteiger partial charge on any atom is -0.497 e. The Labute approximate surface area is 126 Å². The van der Waals surface area contributed by atoms with Crippen molar-refractivity contribution in [3.63, 3.8) is 0 Å². The maximum Gasteiger partial charge on any atom is 0.263 e. The van der Waals surface area contributed by atoms with E-state index in [1.165, 1.54) is 11.8 Å². The number of rotatable bonds is 5. The van der Waals surface area contributed by atoms with Crippen LogP contribution in [0.1, 0.15) is 13.3 Å². The van der Waals surface area contributed by atoms with Crippen molar-refractivity contribution in [3.05, 3.63) is 24.3 Å². The third-order valence-corrected chi connectivity index (χ3v) is 4.02. The van der Waals surface area contributed by atoms with Crippen molar-refractivity contribution in [3.8, 4) is 11.5 Å². The Balaban J connectivity index is 1.80. The summed E-state index contributed by atoms with van der Waals surface area (Å²) in [4.78, 5) is 27.0. The van der Waals surface area contributed by atoms with Crippen LogP contribution in [0.2, 0.25) is 0 Å². The van der Waals surface area contributed by atoms with Gasteiger partial charge in [0, 0.05) is 0 Å². The normalized spacial score (nSPS) is 17.3. The van der Waals surface area contributed by atoms with Crippen molar-refractivity contribution in [1.82, 2.24) is 5.32 Å². The number of nitrogens with zero attached hydrogens (tertiary/aromatic N) is 1. The van der Waals surface area contributed by atoms with Gasteiger partial charge >= 0.3 is 0 Å². The number of methoxy groups -OCH3 is 1. The zero-order valence-corrected chi connectivity index (χ0v) is 12.6. The molecule has 1 unspecified atom stereocenters. The molecule has 7 heteroatoms. The lowest BCUT2D eigenvalue weighted by Crippen LogP contribution is -2.32. The molecule has 0 aromatic heterocycles. The molecule has 0 radical (unpaired) electrons. The molecule has 0 saturated heterocycles. The van der Waals surface area contributed by atoms with Crippen LogP contribution >= 0.6 is 11.8 Å². The molecular weight excluding hydrogens is 292 g/mol. The van der Waals surface area contributed by atoms with Crippen molar-refractivity contribution in [2.24, 2.45) is 4.99 Å². The molecule has 112 valence electrons. The Morgan fingerprint density at radius 2 is 2.00 bits per heavy atom. The van der Waals surface area contributed by atoms with Gasteiger partial charge in [-0.1, -0.05) is 18.7 Å². The van der Waals surface area contributed by atoms with Crippen LogP contribution < -0.4 is 14.8 Å². The van der Waals surface area contributed by atoms with E-state index in [1.54, 1.807) is 31.4 Å². The molecule has 2 rings (SSSR count). The van der Waals surface area contributed by atoms with E-state index >= 15 is 0 Å². The summed E-state index contributed by atoms with van der Waals surface area (Å²) < 4.78 is 10.4. The Hall–Kier alpha value is -2.02. The second-order valence-corrected chi connectivity index (χ2v) is 5.47. The quantitative estimate of drug-likeness (QED) is 0.894. The first kappa shape index (κ1) is 15.4. The van der Waals surface area contributed by atoms with Crippen molar-refractivity contribution in [2.75, 3.05) is 13.7 Å². The summed E-state index contributed by atoms with van der Waals surface area (Å²) in [6.07, 6.45) is 0.689. The van der Waals surface area contributed by atoms with Gasteiger partial charge in [-0.2, -0.15) is 4.99 Å². The minimum absolute atomic E-state index is 0.142. The van der Waals surface area contributed by atoms with Crippen molar-refractivity contribution in [1.29, 1.82) is 0 Å². The van der Waals surface area contributed by atoms with Gasteiger partial charge in [-0.25, -0.2) is 0 Å². The number of nitrogens with one attached hydrogen (secondary N) is 1. The summed E-state index contributed by atoms with van der Waals surface area (Å²) in [5.41, 5.74) is 0. The second-order valence-electron chi connectivity index (χ2n) is 4.28. The fourth-order valence-corrected chi connectivity index (χ4v) is 2.58. The molecule has 1 aromatic rings. The average molecular weight is 308 g/mol. The number of hydrogen-bond donors (Lipinski definition) is 1. The summed E-state index contributed by atoms with van der Waals surface area (Å²) in [5, 5.41) is 2.72. The monoisotopic (exact) mass is 308 g/mol. The molecule has 0 saturated carbocycles. The van der Waals surface area contributed by atoms with E-state index in [2.05, 4.69) is 10.3 Å². The van der Waals surface area contributed by atoms with Crippen LogP contribution in [0.4, 0.5) is 0 Å². The third-order valence-electron chi connectivity index (χ3n) is 2.79. The fourth-order valence-electron chi connectivity index (χ4n) is 1.68. The van der Waals surface area contributed by atoms with E-state index in [0.717, 1.165) is 0 Å². The SMILES string of the molecule is CCC1SC(NC(=O)COc2ccc(OC)cc2)=NC1=O. The van der Waals surface area contributed by atoms with Crippen LogP contribution in [0.3, 0.4) is 0 Å². The van der Waals surface area contributed by atoms with E-state index < -0.39 is 0 Å². The Morgan fingerprint density at radius 1 is 1.33 bits per heavy atom. The van der Waals surface area contributed by atoms with Gasteiger partial charge in [-0.3, -0.25) is 9.59 Å². The van der Waals surface area contributed by atoms with E-state index in [4.69, 9.17) is 9.47 Å². The molecule has 0 fully saturated rings. The zero-order valence-electron chi connectivity index (χ0n) is 11.8. The first-order chi connectivity index (χ1) is 10.1. The summed E-state index contributed by atoms with van der Waals surface area (Å²) in [6.45, 7) is 1.76. The lowest BCUT2D eigenvalue weighted by molar-refractivity contribution is -0.121. The first-order valence-corrected chi connectivity index (χ1v) is 7.36. The van der Waals surface area contributed by atoms with Crippen molar-refractivity contribution >= 4 is 28.7 Å². The molecule has 1 heterocycles. The Morgan fingerprint density at radius 3 is 2.57 bits per heavy atom. The standard InChI is InChI=1S/C14H16N2O4S/c1-3-11-13(18)16-14(21-11)15-12(17)8-20-10-6-4-9(19-2)5-7-10/h4-7,11H,3,8H2,1-2H3,(H,15,16,17,18). The number of amides is 2. The van der Waals surface area contributed by atoms with E-state index in [0.29, 0.717) is 23.1 Å². The summed E-state index contributed by atoms with van der Waals surface area (Å²) in [7, 11) is 1.58. The molecule has 1 atom stereocenters. The van der Waals surface area contributed by atoms with Crippen LogP contribution in [0.25, 0.3) is 0 Å². The smallest absolute Gasteiger partial charge is 0.263 e. The molecule has 0 aliphatic carbocycles.